The van der Waals surface area contributed by atoms with Crippen molar-refractivity contribution in [3.05, 3.63) is 70.8 Å². The molecule has 0 amide bonds. The van der Waals surface area contributed by atoms with Crippen LogP contribution in [0.1, 0.15) is 35.1 Å². The van der Waals surface area contributed by atoms with Gasteiger partial charge >= 0.3 is 0 Å². The van der Waals surface area contributed by atoms with E-state index in [9.17, 15) is 0 Å². The monoisotopic (exact) mass is 312 g/mol. The highest BCUT2D eigenvalue weighted by molar-refractivity contribution is 9.09. The second-order valence-corrected chi connectivity index (χ2v) is 7.15. The average molecular weight is 313 g/mol. The zero-order valence-electron chi connectivity index (χ0n) is 11.1. The molecule has 4 rings (SSSR count). The molecule has 2 aromatic carbocycles. The van der Waals surface area contributed by atoms with Gasteiger partial charge in [-0.15, -0.1) is 0 Å². The standard InChI is InChI=1S/C18H17Br/c1-18-11-13-7-2-4-8-14(13)15(17(18)19)10-12-6-3-5-9-16(12)18/h2-9,15,17H,10-11H2,1H3/t15-,17?,18-/m0/s1. The molecular weight excluding hydrogens is 296 g/mol. The van der Waals surface area contributed by atoms with E-state index in [2.05, 4.69) is 71.4 Å². The topological polar surface area (TPSA) is 0 Å². The van der Waals surface area contributed by atoms with Crippen molar-refractivity contribution in [3.8, 4) is 0 Å². The number of hydrogen-bond donors (Lipinski definition) is 0. The van der Waals surface area contributed by atoms with E-state index in [1.807, 2.05) is 0 Å². The molecule has 0 aromatic heterocycles. The normalized spacial score (nSPS) is 31.5. The number of benzene rings is 2. The Morgan fingerprint density at radius 2 is 1.68 bits per heavy atom. The van der Waals surface area contributed by atoms with Gasteiger partial charge in [-0.05, 0) is 35.1 Å². The zero-order chi connectivity index (χ0) is 13.0. The summed E-state index contributed by atoms with van der Waals surface area (Å²) in [5, 5.41) is 0. The minimum Gasteiger partial charge on any atom is -0.0874 e. The van der Waals surface area contributed by atoms with E-state index in [1.54, 1.807) is 22.3 Å². The number of hydrogen-bond acceptors (Lipinski definition) is 0. The molecular formula is C18H17Br. The zero-order valence-corrected chi connectivity index (χ0v) is 12.7. The van der Waals surface area contributed by atoms with Crippen molar-refractivity contribution < 1.29 is 0 Å². The van der Waals surface area contributed by atoms with Gasteiger partial charge in [0, 0.05) is 16.2 Å². The van der Waals surface area contributed by atoms with Gasteiger partial charge in [-0.3, -0.25) is 0 Å². The predicted molar refractivity (Wildman–Crippen MR) is 83.1 cm³/mol. The molecule has 0 saturated carbocycles. The molecule has 2 aromatic rings. The summed E-state index contributed by atoms with van der Waals surface area (Å²) < 4.78 is 0. The minimum atomic E-state index is 0.230. The fourth-order valence-electron chi connectivity index (χ4n) is 4.10. The Bertz CT molecular complexity index is 646. The number of halogens is 1. The summed E-state index contributed by atoms with van der Waals surface area (Å²) in [7, 11) is 0. The first-order chi connectivity index (χ1) is 9.20. The van der Waals surface area contributed by atoms with E-state index in [4.69, 9.17) is 0 Å². The summed E-state index contributed by atoms with van der Waals surface area (Å²) in [6.07, 6.45) is 2.31. The fraction of sp³-hybridized carbons (Fsp3) is 0.333. The van der Waals surface area contributed by atoms with Crippen LogP contribution in [0.5, 0.6) is 0 Å². The van der Waals surface area contributed by atoms with E-state index in [0.29, 0.717) is 10.7 Å². The van der Waals surface area contributed by atoms with Gasteiger partial charge in [0.05, 0.1) is 0 Å². The summed E-state index contributed by atoms with van der Waals surface area (Å²) in [6, 6.07) is 18.0. The molecule has 2 bridgehead atoms. The van der Waals surface area contributed by atoms with Crippen molar-refractivity contribution in [1.82, 2.24) is 0 Å². The smallest absolute Gasteiger partial charge is 0.0315 e. The average Bonchev–Trinajstić information content (AvgIpc) is 2.42. The lowest BCUT2D eigenvalue weighted by Crippen LogP contribution is -2.47. The summed E-state index contributed by atoms with van der Waals surface area (Å²) in [6.45, 7) is 2.42. The maximum absolute atomic E-state index is 4.03. The Morgan fingerprint density at radius 1 is 1.00 bits per heavy atom. The number of rotatable bonds is 0. The third-order valence-corrected chi connectivity index (χ3v) is 6.70. The highest BCUT2D eigenvalue weighted by atomic mass is 79.9. The molecule has 0 saturated heterocycles. The SMILES string of the molecule is C[C@]12Cc3ccccc3[C@H](Cc3ccccc31)C2Br. The Hall–Kier alpha value is -1.08. The van der Waals surface area contributed by atoms with Gasteiger partial charge < -0.3 is 0 Å². The maximum Gasteiger partial charge on any atom is 0.0315 e. The predicted octanol–water partition coefficient (Wildman–Crippen LogP) is 4.60. The highest BCUT2D eigenvalue weighted by Gasteiger charge is 2.48. The van der Waals surface area contributed by atoms with Gasteiger partial charge in [-0.1, -0.05) is 71.4 Å². The van der Waals surface area contributed by atoms with E-state index in [1.165, 1.54) is 6.42 Å². The third kappa shape index (κ3) is 1.51. The summed E-state index contributed by atoms with van der Waals surface area (Å²) >= 11 is 4.03. The Balaban J connectivity index is 1.97. The van der Waals surface area contributed by atoms with Gasteiger partial charge in [0.25, 0.3) is 0 Å². The van der Waals surface area contributed by atoms with Crippen LogP contribution in [0.15, 0.2) is 48.5 Å². The van der Waals surface area contributed by atoms with Gasteiger partial charge in [-0.2, -0.15) is 0 Å². The lowest BCUT2D eigenvalue weighted by atomic mass is 9.59. The van der Waals surface area contributed by atoms with E-state index >= 15 is 0 Å². The molecule has 0 heterocycles. The molecule has 0 aliphatic heterocycles. The maximum atomic E-state index is 4.03. The third-order valence-electron chi connectivity index (χ3n) is 5.05. The molecule has 0 spiro atoms. The van der Waals surface area contributed by atoms with Crippen LogP contribution in [-0.4, -0.2) is 4.83 Å². The second-order valence-electron chi connectivity index (χ2n) is 6.16. The molecule has 0 N–H and O–H groups in total. The minimum absolute atomic E-state index is 0.230. The molecule has 19 heavy (non-hydrogen) atoms. The molecule has 0 nitrogen and oxygen atoms in total. The quantitative estimate of drug-likeness (QED) is 0.623. The van der Waals surface area contributed by atoms with Crippen LogP contribution in [-0.2, 0) is 18.3 Å². The van der Waals surface area contributed by atoms with Crippen molar-refractivity contribution in [1.29, 1.82) is 0 Å². The van der Waals surface area contributed by atoms with Crippen molar-refractivity contribution in [2.24, 2.45) is 0 Å². The Morgan fingerprint density at radius 3 is 2.53 bits per heavy atom. The van der Waals surface area contributed by atoms with Crippen LogP contribution in [0.4, 0.5) is 0 Å². The molecule has 1 unspecified atom stereocenters. The molecule has 0 radical (unpaired) electrons. The van der Waals surface area contributed by atoms with E-state index in [0.717, 1.165) is 6.42 Å². The largest absolute Gasteiger partial charge is 0.0874 e. The van der Waals surface area contributed by atoms with Gasteiger partial charge in [-0.25, -0.2) is 0 Å². The lowest BCUT2D eigenvalue weighted by Gasteiger charge is -2.49. The molecule has 2 aliphatic carbocycles. The summed E-state index contributed by atoms with van der Waals surface area (Å²) in [5.74, 6) is 0.616. The first kappa shape index (κ1) is 11.7. The summed E-state index contributed by atoms with van der Waals surface area (Å²) in [5.41, 5.74) is 6.41. The van der Waals surface area contributed by atoms with Crippen molar-refractivity contribution >= 4 is 15.9 Å². The molecule has 1 heteroatoms. The van der Waals surface area contributed by atoms with Crippen LogP contribution in [0.2, 0.25) is 0 Å². The summed E-state index contributed by atoms with van der Waals surface area (Å²) in [4.78, 5) is 0.546. The number of alkyl halides is 1. The Labute approximate surface area is 123 Å². The van der Waals surface area contributed by atoms with Crippen LogP contribution in [0.3, 0.4) is 0 Å². The van der Waals surface area contributed by atoms with Crippen LogP contribution < -0.4 is 0 Å². The lowest BCUT2D eigenvalue weighted by molar-refractivity contribution is 0.353. The van der Waals surface area contributed by atoms with E-state index < -0.39 is 0 Å². The van der Waals surface area contributed by atoms with Gasteiger partial charge in [0.15, 0.2) is 0 Å². The number of fused-ring (bicyclic) bond motifs is 6. The molecule has 3 atom stereocenters. The van der Waals surface area contributed by atoms with Gasteiger partial charge in [0.1, 0.15) is 0 Å². The van der Waals surface area contributed by atoms with Crippen LogP contribution in [0, 0.1) is 0 Å². The van der Waals surface area contributed by atoms with Crippen molar-refractivity contribution in [2.45, 2.75) is 35.9 Å². The molecule has 0 fully saturated rings. The van der Waals surface area contributed by atoms with Crippen molar-refractivity contribution in [2.75, 3.05) is 0 Å². The van der Waals surface area contributed by atoms with Crippen LogP contribution >= 0.6 is 15.9 Å². The fourth-order valence-corrected chi connectivity index (χ4v) is 4.98. The molecule has 2 aliphatic rings. The highest BCUT2D eigenvalue weighted by Crippen LogP contribution is 2.53. The molecule has 96 valence electrons. The van der Waals surface area contributed by atoms with Gasteiger partial charge in [0.2, 0.25) is 0 Å². The van der Waals surface area contributed by atoms with Crippen LogP contribution in [0.25, 0.3) is 0 Å². The Kier molecular flexibility index (Phi) is 2.44. The van der Waals surface area contributed by atoms with Crippen molar-refractivity contribution in [3.63, 3.8) is 0 Å². The first-order valence-electron chi connectivity index (χ1n) is 7.00. The first-order valence-corrected chi connectivity index (χ1v) is 7.92. The second kappa shape index (κ2) is 3.96. The van der Waals surface area contributed by atoms with E-state index in [-0.39, 0.29) is 5.41 Å².